The summed E-state index contributed by atoms with van der Waals surface area (Å²) in [6.07, 6.45) is 18.6. The first kappa shape index (κ1) is 27.3. The Morgan fingerprint density at radius 1 is 0.917 bits per heavy atom. The molecule has 36 heavy (non-hydrogen) atoms. The zero-order chi connectivity index (χ0) is 25.5. The topological polar surface area (TPSA) is 23.8 Å². The molecule has 1 nitrogen and oxygen atoms in total. The smallest absolute Gasteiger partial charge is 0.207 e. The van der Waals surface area contributed by atoms with E-state index >= 15 is 8.78 Å². The summed E-state index contributed by atoms with van der Waals surface area (Å²) >= 11 is 0. The van der Waals surface area contributed by atoms with Crippen LogP contribution in [0, 0.1) is 46.7 Å². The van der Waals surface area contributed by atoms with Gasteiger partial charge in [-0.05, 0) is 131 Å². The van der Waals surface area contributed by atoms with Crippen LogP contribution in [0.1, 0.15) is 120 Å². The third kappa shape index (κ3) is 6.96. The molecule has 3 saturated carbocycles. The van der Waals surface area contributed by atoms with Crippen LogP contribution >= 0.6 is 0 Å². The highest BCUT2D eigenvalue weighted by molar-refractivity contribution is 5.35. The first-order valence-corrected chi connectivity index (χ1v) is 14.6. The maximum atomic E-state index is 15.2. The van der Waals surface area contributed by atoms with Crippen LogP contribution in [0.2, 0.25) is 0 Å². The molecule has 1 aromatic carbocycles. The van der Waals surface area contributed by atoms with Crippen molar-refractivity contribution in [2.75, 3.05) is 0 Å². The number of hydrogen-bond donors (Lipinski definition) is 0. The van der Waals surface area contributed by atoms with Crippen LogP contribution in [-0.4, -0.2) is 5.92 Å². The Hall–Kier alpha value is -1.76. The Morgan fingerprint density at radius 3 is 2.14 bits per heavy atom. The van der Waals surface area contributed by atoms with Crippen LogP contribution in [-0.2, 0) is 0 Å². The van der Waals surface area contributed by atoms with Crippen molar-refractivity contribution in [2.45, 2.75) is 115 Å². The van der Waals surface area contributed by atoms with Crippen molar-refractivity contribution < 1.29 is 13.2 Å². The van der Waals surface area contributed by atoms with Gasteiger partial charge in [-0.15, -0.1) is 0 Å². The molecule has 198 valence electrons. The molecule has 3 aliphatic rings. The molecule has 0 N–H and O–H groups in total. The number of allylic oxidation sites excluding steroid dienone is 2. The van der Waals surface area contributed by atoms with E-state index in [-0.39, 0.29) is 17.9 Å². The fraction of sp³-hybridized carbons (Fsp3) is 0.719. The third-order valence-corrected chi connectivity index (χ3v) is 9.71. The Kier molecular flexibility index (Phi) is 9.59. The van der Waals surface area contributed by atoms with Crippen LogP contribution in [0.4, 0.5) is 13.2 Å². The summed E-state index contributed by atoms with van der Waals surface area (Å²) in [6.45, 7) is 2.17. The van der Waals surface area contributed by atoms with E-state index in [1.165, 1.54) is 0 Å². The Morgan fingerprint density at radius 2 is 1.56 bits per heavy atom. The molecule has 0 bridgehead atoms. The number of nitriles is 1. The second-order valence-corrected chi connectivity index (χ2v) is 12.0. The van der Waals surface area contributed by atoms with E-state index in [2.05, 4.69) is 19.1 Å². The molecule has 1 aromatic rings. The van der Waals surface area contributed by atoms with Crippen LogP contribution in [0.3, 0.4) is 0 Å². The van der Waals surface area contributed by atoms with E-state index in [0.717, 1.165) is 82.6 Å². The van der Waals surface area contributed by atoms with Gasteiger partial charge in [0.2, 0.25) is 0 Å². The lowest BCUT2D eigenvalue weighted by Gasteiger charge is -2.40. The molecular weight excluding hydrogens is 455 g/mol. The highest BCUT2D eigenvalue weighted by atomic mass is 19.3. The van der Waals surface area contributed by atoms with Gasteiger partial charge < -0.3 is 0 Å². The normalized spacial score (nSPS) is 31.9. The largest absolute Gasteiger partial charge is 0.251 e. The maximum Gasteiger partial charge on any atom is 0.251 e. The summed E-state index contributed by atoms with van der Waals surface area (Å²) in [5, 5.41) is 8.95. The van der Waals surface area contributed by atoms with Crippen molar-refractivity contribution in [3.8, 4) is 6.07 Å². The molecule has 0 amide bonds. The predicted molar refractivity (Wildman–Crippen MR) is 140 cm³/mol. The average molecular weight is 500 g/mol. The molecule has 0 spiro atoms. The fourth-order valence-electron chi connectivity index (χ4n) is 7.40. The minimum atomic E-state index is -2.51. The molecule has 4 rings (SSSR count). The summed E-state index contributed by atoms with van der Waals surface area (Å²) in [5.74, 6) is -0.945. The quantitative estimate of drug-likeness (QED) is 0.326. The Labute approximate surface area is 216 Å². The van der Waals surface area contributed by atoms with Crippen molar-refractivity contribution in [2.24, 2.45) is 29.6 Å². The molecule has 0 aromatic heterocycles. The van der Waals surface area contributed by atoms with Crippen LogP contribution < -0.4 is 0 Å². The summed E-state index contributed by atoms with van der Waals surface area (Å²) < 4.78 is 44.4. The highest BCUT2D eigenvalue weighted by Gasteiger charge is 2.43. The Balaban J connectivity index is 1.19. The number of nitrogens with zero attached hydrogens (tertiary/aromatic N) is 1. The minimum Gasteiger partial charge on any atom is -0.207 e. The monoisotopic (exact) mass is 499 g/mol. The molecule has 0 saturated heterocycles. The van der Waals surface area contributed by atoms with E-state index in [1.807, 2.05) is 12.1 Å². The van der Waals surface area contributed by atoms with Gasteiger partial charge in [0.05, 0.1) is 5.56 Å². The molecule has 0 aliphatic heterocycles. The summed E-state index contributed by atoms with van der Waals surface area (Å²) in [7, 11) is 0. The molecule has 0 radical (unpaired) electrons. The second kappa shape index (κ2) is 12.7. The first-order valence-electron chi connectivity index (χ1n) is 14.6. The number of hydrogen-bond acceptors (Lipinski definition) is 1. The van der Waals surface area contributed by atoms with E-state index in [1.54, 1.807) is 12.1 Å². The standard InChI is InChI=1S/C32H44F3N/c1-2-3-4-5-23-8-18-30(19-9-23)32(34,35)21-24-6-10-25(11-7-24)26-12-14-27(15-13-26)28-16-17-29(22-36)31(33)20-28/h4-5,16-17,20,23-27,30H,2-3,6-15,18-19,21H2,1H3. The molecule has 4 heteroatoms. The third-order valence-electron chi connectivity index (χ3n) is 9.71. The Bertz CT molecular complexity index is 892. The van der Waals surface area contributed by atoms with Crippen LogP contribution in [0.5, 0.6) is 0 Å². The number of benzene rings is 1. The van der Waals surface area contributed by atoms with Crippen molar-refractivity contribution in [1.82, 2.24) is 0 Å². The molecular formula is C32H44F3N. The first-order chi connectivity index (χ1) is 17.4. The lowest BCUT2D eigenvalue weighted by Crippen LogP contribution is -2.35. The molecule has 0 atom stereocenters. The van der Waals surface area contributed by atoms with Crippen molar-refractivity contribution in [3.63, 3.8) is 0 Å². The van der Waals surface area contributed by atoms with Gasteiger partial charge >= 0.3 is 0 Å². The van der Waals surface area contributed by atoms with E-state index in [9.17, 15) is 4.39 Å². The van der Waals surface area contributed by atoms with Gasteiger partial charge in [-0.25, -0.2) is 13.2 Å². The molecule has 0 heterocycles. The van der Waals surface area contributed by atoms with Crippen molar-refractivity contribution in [3.05, 3.63) is 47.3 Å². The van der Waals surface area contributed by atoms with Gasteiger partial charge in [0.25, 0.3) is 5.92 Å². The van der Waals surface area contributed by atoms with Gasteiger partial charge in [-0.1, -0.05) is 31.6 Å². The van der Waals surface area contributed by atoms with E-state index in [0.29, 0.717) is 36.5 Å². The number of alkyl halides is 2. The predicted octanol–water partition coefficient (Wildman–Crippen LogP) is 9.97. The lowest BCUT2D eigenvalue weighted by molar-refractivity contribution is -0.0952. The zero-order valence-corrected chi connectivity index (χ0v) is 22.0. The number of unbranched alkanes of at least 4 members (excludes halogenated alkanes) is 1. The number of rotatable bonds is 8. The summed E-state index contributed by atoms with van der Waals surface area (Å²) in [4.78, 5) is 0. The van der Waals surface area contributed by atoms with Crippen molar-refractivity contribution >= 4 is 0 Å². The lowest BCUT2D eigenvalue weighted by atomic mass is 9.67. The molecule has 0 unspecified atom stereocenters. The summed E-state index contributed by atoms with van der Waals surface area (Å²) in [6, 6.07) is 6.96. The summed E-state index contributed by atoms with van der Waals surface area (Å²) in [5.41, 5.74) is 1.13. The van der Waals surface area contributed by atoms with Gasteiger partial charge in [0, 0.05) is 12.3 Å². The van der Waals surface area contributed by atoms with Gasteiger partial charge in [0.15, 0.2) is 0 Å². The second-order valence-electron chi connectivity index (χ2n) is 12.0. The number of halogens is 3. The van der Waals surface area contributed by atoms with Gasteiger partial charge in [-0.2, -0.15) is 5.26 Å². The van der Waals surface area contributed by atoms with Gasteiger partial charge in [-0.3, -0.25) is 0 Å². The van der Waals surface area contributed by atoms with E-state index in [4.69, 9.17) is 5.26 Å². The molecule has 3 aliphatic carbocycles. The van der Waals surface area contributed by atoms with Crippen LogP contribution in [0.15, 0.2) is 30.4 Å². The van der Waals surface area contributed by atoms with Gasteiger partial charge in [0.1, 0.15) is 11.9 Å². The SMILES string of the molecule is CCCC=CC1CCC(C(F)(F)CC2CCC(C3CCC(c4ccc(C#N)c(F)c4)CC3)CC2)CC1. The zero-order valence-electron chi connectivity index (χ0n) is 22.0. The van der Waals surface area contributed by atoms with Crippen LogP contribution in [0.25, 0.3) is 0 Å². The van der Waals surface area contributed by atoms with E-state index < -0.39 is 17.7 Å². The molecule has 3 fully saturated rings. The fourth-order valence-corrected chi connectivity index (χ4v) is 7.40. The minimum absolute atomic E-state index is 0.0950. The average Bonchev–Trinajstić information content (AvgIpc) is 2.89. The van der Waals surface area contributed by atoms with Crippen molar-refractivity contribution in [1.29, 1.82) is 5.26 Å². The highest BCUT2D eigenvalue weighted by Crippen LogP contribution is 2.48. The maximum absolute atomic E-state index is 15.2.